The summed E-state index contributed by atoms with van der Waals surface area (Å²) < 4.78 is 28.1. The molecule has 1 fully saturated rings. The summed E-state index contributed by atoms with van der Waals surface area (Å²) >= 11 is 1.62. The SMILES string of the molecule is O=C(c1cc2c(s1)CCCC2)N1CCCC(c2cc(C(F)F)nc3ncnn23)C1. The standard InChI is InChI=1S/C20H21F2N5OS/c21-18(22)14-9-15(27-20(25-14)23-11-24-27)13-5-3-7-26(10-13)19(28)17-8-12-4-1-2-6-16(12)29-17/h8-9,11,13,18H,1-7,10H2. The lowest BCUT2D eigenvalue weighted by Gasteiger charge is -2.32. The van der Waals surface area contributed by atoms with E-state index in [1.54, 1.807) is 11.3 Å². The van der Waals surface area contributed by atoms with E-state index in [-0.39, 0.29) is 23.3 Å². The van der Waals surface area contributed by atoms with Crippen LogP contribution >= 0.6 is 11.3 Å². The Kier molecular flexibility index (Phi) is 4.77. The molecule has 0 aromatic carbocycles. The molecule has 0 saturated carbocycles. The summed E-state index contributed by atoms with van der Waals surface area (Å²) in [6, 6.07) is 3.47. The molecule has 3 aromatic heterocycles. The van der Waals surface area contributed by atoms with Gasteiger partial charge in [0.25, 0.3) is 18.1 Å². The third-order valence-electron chi connectivity index (χ3n) is 5.86. The van der Waals surface area contributed by atoms with Crippen molar-refractivity contribution in [2.75, 3.05) is 13.1 Å². The number of hydrogen-bond acceptors (Lipinski definition) is 5. The van der Waals surface area contributed by atoms with Crippen LogP contribution in [0.3, 0.4) is 0 Å². The van der Waals surface area contributed by atoms with Crippen LogP contribution in [0.15, 0.2) is 18.5 Å². The zero-order valence-electron chi connectivity index (χ0n) is 15.9. The lowest BCUT2D eigenvalue weighted by molar-refractivity contribution is 0.0709. The van der Waals surface area contributed by atoms with E-state index in [1.807, 2.05) is 4.90 Å². The lowest BCUT2D eigenvalue weighted by atomic mass is 9.93. The molecule has 0 spiro atoms. The highest BCUT2D eigenvalue weighted by Crippen LogP contribution is 2.33. The third-order valence-corrected chi connectivity index (χ3v) is 7.08. The molecule has 29 heavy (non-hydrogen) atoms. The molecule has 1 amide bonds. The van der Waals surface area contributed by atoms with Gasteiger partial charge in [0.15, 0.2) is 0 Å². The Hall–Kier alpha value is -2.42. The summed E-state index contributed by atoms with van der Waals surface area (Å²) in [5, 5.41) is 4.16. The number of fused-ring (bicyclic) bond motifs is 2. The van der Waals surface area contributed by atoms with Crippen molar-refractivity contribution >= 4 is 23.0 Å². The van der Waals surface area contributed by atoms with E-state index < -0.39 is 6.43 Å². The fourth-order valence-electron chi connectivity index (χ4n) is 4.41. The van der Waals surface area contributed by atoms with Gasteiger partial charge in [0.1, 0.15) is 12.0 Å². The number of thiophene rings is 1. The smallest absolute Gasteiger partial charge is 0.280 e. The molecule has 1 unspecified atom stereocenters. The highest BCUT2D eigenvalue weighted by atomic mass is 32.1. The van der Waals surface area contributed by atoms with Crippen LogP contribution in [-0.4, -0.2) is 43.5 Å². The van der Waals surface area contributed by atoms with E-state index in [9.17, 15) is 13.6 Å². The van der Waals surface area contributed by atoms with Crippen LogP contribution in [0, 0.1) is 0 Å². The van der Waals surface area contributed by atoms with Crippen molar-refractivity contribution in [1.82, 2.24) is 24.5 Å². The van der Waals surface area contributed by atoms with Crippen LogP contribution in [0.25, 0.3) is 5.78 Å². The molecule has 1 saturated heterocycles. The number of piperidine rings is 1. The predicted octanol–water partition coefficient (Wildman–Crippen LogP) is 4.02. The topological polar surface area (TPSA) is 63.4 Å². The zero-order valence-corrected chi connectivity index (χ0v) is 16.7. The molecule has 1 atom stereocenters. The van der Waals surface area contributed by atoms with Gasteiger partial charge in [-0.1, -0.05) is 0 Å². The Labute approximate surface area is 170 Å². The molecule has 4 heterocycles. The lowest BCUT2D eigenvalue weighted by Crippen LogP contribution is -2.39. The van der Waals surface area contributed by atoms with Gasteiger partial charge >= 0.3 is 0 Å². The number of aromatic nitrogens is 4. The first-order chi connectivity index (χ1) is 14.1. The quantitative estimate of drug-likeness (QED) is 0.646. The highest BCUT2D eigenvalue weighted by Gasteiger charge is 2.30. The second-order valence-corrected chi connectivity index (χ2v) is 8.87. The molecule has 9 heteroatoms. The average Bonchev–Trinajstić information content (AvgIpc) is 3.39. The molecular formula is C20H21F2N5OS. The van der Waals surface area contributed by atoms with E-state index in [4.69, 9.17) is 0 Å². The number of carbonyl (C=O) groups excluding carboxylic acids is 1. The first-order valence-corrected chi connectivity index (χ1v) is 10.8. The van der Waals surface area contributed by atoms with E-state index in [2.05, 4.69) is 21.1 Å². The molecule has 2 aliphatic rings. The Balaban J connectivity index is 1.42. The van der Waals surface area contributed by atoms with Crippen molar-refractivity contribution in [2.24, 2.45) is 0 Å². The minimum absolute atomic E-state index is 0.0482. The van der Waals surface area contributed by atoms with Gasteiger partial charge in [-0.3, -0.25) is 4.79 Å². The van der Waals surface area contributed by atoms with Crippen molar-refractivity contribution < 1.29 is 13.6 Å². The summed E-state index contributed by atoms with van der Waals surface area (Å²) in [5.74, 6) is 0.145. The number of amides is 1. The Morgan fingerprint density at radius 3 is 2.90 bits per heavy atom. The van der Waals surface area contributed by atoms with E-state index >= 15 is 0 Å². The molecule has 0 radical (unpaired) electrons. The van der Waals surface area contributed by atoms with E-state index in [0.29, 0.717) is 18.8 Å². The van der Waals surface area contributed by atoms with Crippen LogP contribution < -0.4 is 0 Å². The number of alkyl halides is 2. The second kappa shape index (κ2) is 7.44. The summed E-state index contributed by atoms with van der Waals surface area (Å²) in [5.41, 5.74) is 1.67. The number of carbonyl (C=O) groups is 1. The minimum atomic E-state index is -2.67. The molecule has 5 rings (SSSR count). The summed E-state index contributed by atoms with van der Waals surface area (Å²) in [6.45, 7) is 1.17. The molecule has 6 nitrogen and oxygen atoms in total. The predicted molar refractivity (Wildman–Crippen MR) is 105 cm³/mol. The van der Waals surface area contributed by atoms with Gasteiger partial charge in [0.05, 0.1) is 10.6 Å². The Bertz CT molecular complexity index is 1040. The van der Waals surface area contributed by atoms with Gasteiger partial charge in [-0.15, -0.1) is 11.3 Å². The number of halogens is 2. The molecule has 0 bridgehead atoms. The first-order valence-electron chi connectivity index (χ1n) is 9.99. The fourth-order valence-corrected chi connectivity index (χ4v) is 5.63. The van der Waals surface area contributed by atoms with Gasteiger partial charge in [0, 0.05) is 23.9 Å². The maximum Gasteiger partial charge on any atom is 0.280 e. The van der Waals surface area contributed by atoms with Crippen LogP contribution in [0.4, 0.5) is 8.78 Å². The van der Waals surface area contributed by atoms with Crippen molar-refractivity contribution in [2.45, 2.75) is 50.9 Å². The third kappa shape index (κ3) is 3.41. The molecule has 152 valence electrons. The molecule has 0 N–H and O–H groups in total. The Morgan fingerprint density at radius 2 is 2.07 bits per heavy atom. The molecule has 3 aromatic rings. The van der Waals surface area contributed by atoms with Crippen LogP contribution in [0.5, 0.6) is 0 Å². The Morgan fingerprint density at radius 1 is 1.21 bits per heavy atom. The highest BCUT2D eigenvalue weighted by molar-refractivity contribution is 7.14. The summed E-state index contributed by atoms with van der Waals surface area (Å²) in [4.78, 5) is 25.0. The van der Waals surface area contributed by atoms with Gasteiger partial charge < -0.3 is 4.90 Å². The average molecular weight is 417 g/mol. The van der Waals surface area contributed by atoms with Gasteiger partial charge in [0.2, 0.25) is 0 Å². The zero-order chi connectivity index (χ0) is 20.0. The van der Waals surface area contributed by atoms with Crippen LogP contribution in [0.2, 0.25) is 0 Å². The number of rotatable bonds is 3. The van der Waals surface area contributed by atoms with Gasteiger partial charge in [-0.2, -0.15) is 10.1 Å². The summed E-state index contributed by atoms with van der Waals surface area (Å²) in [7, 11) is 0. The van der Waals surface area contributed by atoms with E-state index in [0.717, 1.165) is 30.6 Å². The first kappa shape index (κ1) is 18.6. The monoisotopic (exact) mass is 417 g/mol. The van der Waals surface area contributed by atoms with Crippen molar-refractivity contribution in [1.29, 1.82) is 0 Å². The normalized spacial score (nSPS) is 19.7. The second-order valence-electron chi connectivity index (χ2n) is 7.73. The minimum Gasteiger partial charge on any atom is -0.337 e. The number of likely N-dealkylation sites (tertiary alicyclic amines) is 1. The maximum atomic E-state index is 13.3. The molecule has 1 aliphatic heterocycles. The number of aryl methyl sites for hydroxylation is 2. The molecular weight excluding hydrogens is 396 g/mol. The maximum absolute atomic E-state index is 13.3. The van der Waals surface area contributed by atoms with Crippen LogP contribution in [0.1, 0.15) is 69.5 Å². The number of hydrogen-bond donors (Lipinski definition) is 0. The van der Waals surface area contributed by atoms with E-state index in [1.165, 1.54) is 40.2 Å². The molecule has 1 aliphatic carbocycles. The van der Waals surface area contributed by atoms with Crippen molar-refractivity contribution in [3.05, 3.63) is 45.2 Å². The van der Waals surface area contributed by atoms with Crippen molar-refractivity contribution in [3.63, 3.8) is 0 Å². The largest absolute Gasteiger partial charge is 0.337 e. The summed E-state index contributed by atoms with van der Waals surface area (Å²) in [6.07, 6.45) is 4.78. The van der Waals surface area contributed by atoms with Gasteiger partial charge in [-0.25, -0.2) is 18.3 Å². The number of nitrogens with zero attached hydrogens (tertiary/aromatic N) is 5. The van der Waals surface area contributed by atoms with Crippen LogP contribution in [-0.2, 0) is 12.8 Å². The van der Waals surface area contributed by atoms with Crippen molar-refractivity contribution in [3.8, 4) is 0 Å². The fraction of sp³-hybridized carbons (Fsp3) is 0.500. The van der Waals surface area contributed by atoms with Gasteiger partial charge in [-0.05, 0) is 56.2 Å².